The lowest BCUT2D eigenvalue weighted by molar-refractivity contribution is 0.114. The number of halogens is 1. The number of nitrogens with zero attached hydrogens (tertiary/aromatic N) is 2. The standard InChI is InChI=1S/C17H25FN2O/c1-12-10-19-9-4-3-6-14(19)11-20(12)17-15(13(2)21)7-5-8-16(17)18/h5,7-8,12-14,21H,3-4,6,9-11H2,1-2H3. The van der Waals surface area contributed by atoms with E-state index in [1.165, 1.54) is 31.9 Å². The van der Waals surface area contributed by atoms with Crippen LogP contribution < -0.4 is 4.90 Å². The first-order chi connectivity index (χ1) is 10.1. The summed E-state index contributed by atoms with van der Waals surface area (Å²) in [5.74, 6) is -0.218. The predicted octanol–water partition coefficient (Wildman–Crippen LogP) is 2.94. The average molecular weight is 292 g/mol. The number of aliphatic hydroxyl groups is 1. The molecule has 0 saturated carbocycles. The molecule has 1 aromatic rings. The van der Waals surface area contributed by atoms with Crippen molar-refractivity contribution < 1.29 is 9.50 Å². The SMILES string of the molecule is CC(O)c1cccc(F)c1N1CC2CCCCN2CC1C. The maximum atomic E-state index is 14.4. The van der Waals surface area contributed by atoms with E-state index in [1.54, 1.807) is 13.0 Å². The molecule has 0 spiro atoms. The fourth-order valence-electron chi connectivity index (χ4n) is 3.84. The van der Waals surface area contributed by atoms with Crippen molar-refractivity contribution >= 4 is 5.69 Å². The third-order valence-electron chi connectivity index (χ3n) is 4.94. The molecule has 2 aliphatic rings. The molecular formula is C17H25FN2O. The Labute approximate surface area is 126 Å². The number of hydrogen-bond donors (Lipinski definition) is 1. The van der Waals surface area contributed by atoms with Gasteiger partial charge in [0.2, 0.25) is 0 Å². The Balaban J connectivity index is 1.92. The Hall–Kier alpha value is -1.13. The fourth-order valence-corrected chi connectivity index (χ4v) is 3.84. The highest BCUT2D eigenvalue weighted by Gasteiger charge is 2.35. The molecule has 2 fully saturated rings. The van der Waals surface area contributed by atoms with Crippen LogP contribution in [0.4, 0.5) is 10.1 Å². The molecule has 21 heavy (non-hydrogen) atoms. The molecule has 3 atom stereocenters. The minimum Gasteiger partial charge on any atom is -0.389 e. The summed E-state index contributed by atoms with van der Waals surface area (Å²) in [5, 5.41) is 9.97. The molecule has 4 heteroatoms. The van der Waals surface area contributed by atoms with Crippen LogP contribution in [0.5, 0.6) is 0 Å². The number of rotatable bonds is 2. The van der Waals surface area contributed by atoms with E-state index in [-0.39, 0.29) is 11.9 Å². The van der Waals surface area contributed by atoms with E-state index < -0.39 is 6.10 Å². The number of piperidine rings is 1. The number of anilines is 1. The molecule has 0 radical (unpaired) electrons. The van der Waals surface area contributed by atoms with Gasteiger partial charge in [-0.3, -0.25) is 4.90 Å². The zero-order valence-corrected chi connectivity index (χ0v) is 12.9. The Kier molecular flexibility index (Phi) is 4.18. The molecule has 116 valence electrons. The molecule has 0 bridgehead atoms. The van der Waals surface area contributed by atoms with Crippen LogP contribution in [-0.4, -0.2) is 41.7 Å². The van der Waals surface area contributed by atoms with Gasteiger partial charge in [0.05, 0.1) is 11.8 Å². The second-order valence-electron chi connectivity index (χ2n) is 6.50. The van der Waals surface area contributed by atoms with Gasteiger partial charge in [0, 0.05) is 30.7 Å². The molecule has 2 heterocycles. The predicted molar refractivity (Wildman–Crippen MR) is 83.1 cm³/mol. The second kappa shape index (κ2) is 5.93. The highest BCUT2D eigenvalue weighted by atomic mass is 19.1. The minimum absolute atomic E-state index is 0.218. The number of piperazine rings is 1. The monoisotopic (exact) mass is 292 g/mol. The van der Waals surface area contributed by atoms with E-state index in [4.69, 9.17) is 0 Å². The van der Waals surface area contributed by atoms with Crippen molar-refractivity contribution in [1.82, 2.24) is 4.90 Å². The van der Waals surface area contributed by atoms with Crippen LogP contribution in [0.25, 0.3) is 0 Å². The lowest BCUT2D eigenvalue weighted by atomic mass is 9.95. The number of benzene rings is 1. The van der Waals surface area contributed by atoms with Crippen molar-refractivity contribution in [2.45, 2.75) is 51.3 Å². The molecule has 2 saturated heterocycles. The van der Waals surface area contributed by atoms with E-state index in [0.717, 1.165) is 13.1 Å². The summed E-state index contributed by atoms with van der Waals surface area (Å²) in [7, 11) is 0. The summed E-state index contributed by atoms with van der Waals surface area (Å²) in [6, 6.07) is 5.82. The summed E-state index contributed by atoms with van der Waals surface area (Å²) >= 11 is 0. The van der Waals surface area contributed by atoms with Gasteiger partial charge >= 0.3 is 0 Å². The summed E-state index contributed by atoms with van der Waals surface area (Å²) in [4.78, 5) is 4.72. The van der Waals surface area contributed by atoms with Crippen LogP contribution in [0, 0.1) is 5.82 Å². The third-order valence-corrected chi connectivity index (χ3v) is 4.94. The van der Waals surface area contributed by atoms with Crippen LogP contribution in [0.2, 0.25) is 0 Å². The average Bonchev–Trinajstić information content (AvgIpc) is 2.46. The molecule has 3 rings (SSSR count). The highest BCUT2D eigenvalue weighted by molar-refractivity contribution is 5.57. The van der Waals surface area contributed by atoms with Crippen molar-refractivity contribution in [2.75, 3.05) is 24.5 Å². The van der Waals surface area contributed by atoms with Crippen LogP contribution in [0.15, 0.2) is 18.2 Å². The first kappa shape index (κ1) is 14.8. The zero-order valence-electron chi connectivity index (χ0n) is 12.9. The summed E-state index contributed by atoms with van der Waals surface area (Å²) < 4.78 is 14.4. The van der Waals surface area contributed by atoms with Crippen LogP contribution in [0.1, 0.15) is 44.8 Å². The molecule has 3 nitrogen and oxygen atoms in total. The minimum atomic E-state index is -0.646. The molecule has 0 aromatic heterocycles. The number of fused-ring (bicyclic) bond motifs is 1. The normalized spacial score (nSPS) is 28.3. The van der Waals surface area contributed by atoms with E-state index >= 15 is 0 Å². The lowest BCUT2D eigenvalue weighted by Crippen LogP contribution is -2.59. The topological polar surface area (TPSA) is 26.7 Å². The van der Waals surface area contributed by atoms with Gasteiger partial charge < -0.3 is 10.0 Å². The largest absolute Gasteiger partial charge is 0.389 e. The highest BCUT2D eigenvalue weighted by Crippen LogP contribution is 2.34. The van der Waals surface area contributed by atoms with Crippen molar-refractivity contribution in [3.05, 3.63) is 29.6 Å². The quantitative estimate of drug-likeness (QED) is 0.908. The number of para-hydroxylation sites is 1. The Morgan fingerprint density at radius 2 is 2.10 bits per heavy atom. The first-order valence-corrected chi connectivity index (χ1v) is 8.05. The van der Waals surface area contributed by atoms with E-state index in [9.17, 15) is 9.50 Å². The van der Waals surface area contributed by atoms with Gasteiger partial charge in [0.1, 0.15) is 5.82 Å². The Morgan fingerprint density at radius 1 is 1.29 bits per heavy atom. The van der Waals surface area contributed by atoms with Crippen molar-refractivity contribution in [2.24, 2.45) is 0 Å². The molecule has 2 aliphatic heterocycles. The van der Waals surface area contributed by atoms with Crippen LogP contribution in [0.3, 0.4) is 0 Å². The molecule has 0 amide bonds. The number of hydrogen-bond acceptors (Lipinski definition) is 3. The summed E-state index contributed by atoms with van der Waals surface area (Å²) in [6.45, 7) is 6.88. The molecular weight excluding hydrogens is 267 g/mol. The smallest absolute Gasteiger partial charge is 0.146 e. The van der Waals surface area contributed by atoms with Crippen molar-refractivity contribution in [1.29, 1.82) is 0 Å². The van der Waals surface area contributed by atoms with E-state index in [1.807, 2.05) is 6.07 Å². The molecule has 0 aliphatic carbocycles. The molecule has 3 unspecified atom stereocenters. The summed E-state index contributed by atoms with van der Waals surface area (Å²) in [6.07, 6.45) is 3.10. The van der Waals surface area contributed by atoms with Crippen molar-refractivity contribution in [3.8, 4) is 0 Å². The number of aliphatic hydroxyl groups excluding tert-OH is 1. The second-order valence-corrected chi connectivity index (χ2v) is 6.50. The van der Waals surface area contributed by atoms with Gasteiger partial charge in [-0.05, 0) is 39.3 Å². The fraction of sp³-hybridized carbons (Fsp3) is 0.647. The van der Waals surface area contributed by atoms with E-state index in [2.05, 4.69) is 16.7 Å². The van der Waals surface area contributed by atoms with Crippen LogP contribution >= 0.6 is 0 Å². The van der Waals surface area contributed by atoms with Gasteiger partial charge in [-0.25, -0.2) is 4.39 Å². The maximum Gasteiger partial charge on any atom is 0.146 e. The third kappa shape index (κ3) is 2.79. The summed E-state index contributed by atoms with van der Waals surface area (Å²) in [5.41, 5.74) is 1.30. The van der Waals surface area contributed by atoms with Gasteiger partial charge in [-0.2, -0.15) is 0 Å². The first-order valence-electron chi connectivity index (χ1n) is 8.05. The molecule has 1 N–H and O–H groups in total. The van der Waals surface area contributed by atoms with Gasteiger partial charge in [-0.15, -0.1) is 0 Å². The van der Waals surface area contributed by atoms with Crippen LogP contribution in [-0.2, 0) is 0 Å². The lowest BCUT2D eigenvalue weighted by Gasteiger charge is -2.49. The Morgan fingerprint density at radius 3 is 2.86 bits per heavy atom. The van der Waals surface area contributed by atoms with Crippen molar-refractivity contribution in [3.63, 3.8) is 0 Å². The molecule has 1 aromatic carbocycles. The van der Waals surface area contributed by atoms with E-state index in [0.29, 0.717) is 17.3 Å². The van der Waals surface area contributed by atoms with Gasteiger partial charge in [-0.1, -0.05) is 18.6 Å². The van der Waals surface area contributed by atoms with Gasteiger partial charge in [0.15, 0.2) is 0 Å². The Bertz CT molecular complexity index is 506. The zero-order chi connectivity index (χ0) is 15.0. The van der Waals surface area contributed by atoms with Gasteiger partial charge in [0.25, 0.3) is 0 Å². The maximum absolute atomic E-state index is 14.4.